The molecule has 1 aliphatic heterocycles. The molecule has 3 aromatic rings. The van der Waals surface area contributed by atoms with Crippen LogP contribution in [0.25, 0.3) is 11.3 Å². The maximum absolute atomic E-state index is 13.0. The third kappa shape index (κ3) is 2.88. The van der Waals surface area contributed by atoms with Crippen molar-refractivity contribution in [1.29, 1.82) is 0 Å². The maximum Gasteiger partial charge on any atom is 0.346 e. The van der Waals surface area contributed by atoms with E-state index >= 15 is 0 Å². The van der Waals surface area contributed by atoms with Gasteiger partial charge in [-0.3, -0.25) is 0 Å². The quantitative estimate of drug-likeness (QED) is 0.628. The second-order valence-electron chi connectivity index (χ2n) is 6.24. The molecule has 0 fully saturated rings. The summed E-state index contributed by atoms with van der Waals surface area (Å²) in [5, 5.41) is 0. The van der Waals surface area contributed by atoms with E-state index in [0.29, 0.717) is 11.3 Å². The number of carbonyl (C=O) groups excluding carboxylic acids is 1. The highest BCUT2D eigenvalue weighted by molar-refractivity contribution is 6.24. The standard InChI is InChI=1S/C23H18O3/c1-23(19-15-9-4-10-16-19)25-21(18-13-7-3-8-14-18)20(22(24)26-23)17-11-5-2-6-12-17/h2-16H,1H3. The molecule has 0 aliphatic carbocycles. The zero-order chi connectivity index (χ0) is 18.0. The van der Waals surface area contributed by atoms with E-state index in [2.05, 4.69) is 0 Å². The van der Waals surface area contributed by atoms with Crippen LogP contribution in [0.15, 0.2) is 91.0 Å². The topological polar surface area (TPSA) is 35.5 Å². The molecule has 3 aromatic carbocycles. The molecule has 1 heterocycles. The minimum atomic E-state index is -1.18. The first kappa shape index (κ1) is 16.2. The van der Waals surface area contributed by atoms with Crippen LogP contribution in [0.3, 0.4) is 0 Å². The van der Waals surface area contributed by atoms with E-state index in [-0.39, 0.29) is 0 Å². The Morgan fingerprint density at radius 1 is 0.654 bits per heavy atom. The molecule has 0 amide bonds. The van der Waals surface area contributed by atoms with Gasteiger partial charge in [-0.2, -0.15) is 0 Å². The predicted octanol–water partition coefficient (Wildman–Crippen LogP) is 5.00. The molecular formula is C23H18O3. The highest BCUT2D eigenvalue weighted by atomic mass is 16.7. The Hall–Kier alpha value is -3.33. The van der Waals surface area contributed by atoms with Crippen molar-refractivity contribution in [2.45, 2.75) is 12.7 Å². The van der Waals surface area contributed by atoms with Crippen molar-refractivity contribution >= 4 is 17.3 Å². The zero-order valence-corrected chi connectivity index (χ0v) is 14.4. The largest absolute Gasteiger partial charge is 0.447 e. The minimum absolute atomic E-state index is 0.396. The first-order valence-electron chi connectivity index (χ1n) is 8.50. The summed E-state index contributed by atoms with van der Waals surface area (Å²) in [5.74, 6) is -1.05. The Bertz CT molecular complexity index is 947. The molecule has 0 saturated heterocycles. The average Bonchev–Trinajstić information content (AvgIpc) is 2.69. The fourth-order valence-electron chi connectivity index (χ4n) is 3.09. The fraction of sp³-hybridized carbons (Fsp3) is 0.0870. The van der Waals surface area contributed by atoms with Crippen LogP contribution >= 0.6 is 0 Å². The number of benzene rings is 3. The molecule has 0 radical (unpaired) electrons. The Balaban J connectivity index is 1.90. The second kappa shape index (κ2) is 6.52. The normalized spacial score (nSPS) is 19.7. The molecule has 1 unspecified atom stereocenters. The number of esters is 1. The van der Waals surface area contributed by atoms with Gasteiger partial charge in [0.1, 0.15) is 11.3 Å². The van der Waals surface area contributed by atoms with E-state index < -0.39 is 11.8 Å². The first-order chi connectivity index (χ1) is 12.7. The van der Waals surface area contributed by atoms with E-state index in [9.17, 15) is 4.79 Å². The van der Waals surface area contributed by atoms with Crippen LogP contribution in [0.1, 0.15) is 23.6 Å². The van der Waals surface area contributed by atoms with Gasteiger partial charge in [-0.25, -0.2) is 4.79 Å². The van der Waals surface area contributed by atoms with Crippen LogP contribution in [-0.2, 0) is 20.1 Å². The van der Waals surface area contributed by atoms with Crippen molar-refractivity contribution in [2.75, 3.05) is 0 Å². The smallest absolute Gasteiger partial charge is 0.346 e. The Morgan fingerprint density at radius 2 is 1.15 bits per heavy atom. The lowest BCUT2D eigenvalue weighted by molar-refractivity contribution is -0.203. The highest BCUT2D eigenvalue weighted by Gasteiger charge is 2.42. The minimum Gasteiger partial charge on any atom is -0.447 e. The predicted molar refractivity (Wildman–Crippen MR) is 101 cm³/mol. The summed E-state index contributed by atoms with van der Waals surface area (Å²) < 4.78 is 12.1. The summed E-state index contributed by atoms with van der Waals surface area (Å²) in [4.78, 5) is 13.0. The Morgan fingerprint density at radius 3 is 1.73 bits per heavy atom. The van der Waals surface area contributed by atoms with Gasteiger partial charge in [0.15, 0.2) is 0 Å². The third-order valence-electron chi connectivity index (χ3n) is 4.41. The molecule has 0 saturated carbocycles. The molecule has 4 rings (SSSR count). The lowest BCUT2D eigenvalue weighted by atomic mass is 9.98. The summed E-state index contributed by atoms with van der Waals surface area (Å²) in [6.07, 6.45) is 0. The van der Waals surface area contributed by atoms with Crippen molar-refractivity contribution in [3.8, 4) is 0 Å². The number of rotatable bonds is 3. The van der Waals surface area contributed by atoms with Crippen molar-refractivity contribution in [3.05, 3.63) is 108 Å². The van der Waals surface area contributed by atoms with Crippen molar-refractivity contribution in [2.24, 2.45) is 0 Å². The molecule has 0 bridgehead atoms. The second-order valence-corrected chi connectivity index (χ2v) is 6.24. The number of ether oxygens (including phenoxy) is 2. The van der Waals surface area contributed by atoms with Gasteiger partial charge in [0.25, 0.3) is 5.79 Å². The third-order valence-corrected chi connectivity index (χ3v) is 4.41. The van der Waals surface area contributed by atoms with Crippen molar-refractivity contribution < 1.29 is 14.3 Å². The summed E-state index contributed by atoms with van der Waals surface area (Å²) >= 11 is 0. The summed E-state index contributed by atoms with van der Waals surface area (Å²) in [5.41, 5.74) is 2.83. The Kier molecular flexibility index (Phi) is 4.05. The van der Waals surface area contributed by atoms with Gasteiger partial charge in [-0.1, -0.05) is 91.0 Å². The molecule has 0 spiro atoms. The lowest BCUT2D eigenvalue weighted by Crippen LogP contribution is -2.36. The lowest BCUT2D eigenvalue weighted by Gasteiger charge is -2.36. The molecule has 1 aliphatic rings. The number of hydrogen-bond donors (Lipinski definition) is 0. The zero-order valence-electron chi connectivity index (χ0n) is 14.4. The summed E-state index contributed by atoms with van der Waals surface area (Å²) in [6.45, 7) is 1.77. The van der Waals surface area contributed by atoms with Crippen LogP contribution in [0.2, 0.25) is 0 Å². The molecule has 26 heavy (non-hydrogen) atoms. The van der Waals surface area contributed by atoms with Crippen LogP contribution in [0.5, 0.6) is 0 Å². The maximum atomic E-state index is 13.0. The van der Waals surface area contributed by atoms with Crippen LogP contribution in [-0.4, -0.2) is 5.97 Å². The van der Waals surface area contributed by atoms with E-state index in [1.165, 1.54) is 0 Å². The van der Waals surface area contributed by atoms with Gasteiger partial charge in [-0.05, 0) is 5.56 Å². The van der Waals surface area contributed by atoms with Gasteiger partial charge in [0.2, 0.25) is 0 Å². The van der Waals surface area contributed by atoms with Gasteiger partial charge < -0.3 is 9.47 Å². The molecule has 128 valence electrons. The van der Waals surface area contributed by atoms with E-state index in [4.69, 9.17) is 9.47 Å². The molecule has 3 nitrogen and oxygen atoms in total. The monoisotopic (exact) mass is 342 g/mol. The van der Waals surface area contributed by atoms with Crippen LogP contribution < -0.4 is 0 Å². The van der Waals surface area contributed by atoms with Crippen molar-refractivity contribution in [3.63, 3.8) is 0 Å². The van der Waals surface area contributed by atoms with Crippen molar-refractivity contribution in [1.82, 2.24) is 0 Å². The van der Waals surface area contributed by atoms with Crippen LogP contribution in [0.4, 0.5) is 0 Å². The summed E-state index contributed by atoms with van der Waals surface area (Å²) in [7, 11) is 0. The van der Waals surface area contributed by atoms with Gasteiger partial charge >= 0.3 is 5.97 Å². The van der Waals surface area contributed by atoms with Gasteiger partial charge in [0.05, 0.1) is 0 Å². The van der Waals surface area contributed by atoms with Gasteiger partial charge in [0, 0.05) is 18.1 Å². The van der Waals surface area contributed by atoms with Crippen LogP contribution in [0, 0.1) is 0 Å². The average molecular weight is 342 g/mol. The molecule has 0 aromatic heterocycles. The molecular weight excluding hydrogens is 324 g/mol. The first-order valence-corrected chi connectivity index (χ1v) is 8.50. The Labute approximate surface area is 152 Å². The summed E-state index contributed by atoms with van der Waals surface area (Å²) in [6, 6.07) is 28.6. The number of carbonyl (C=O) groups is 1. The number of cyclic esters (lactones) is 1. The molecule has 1 atom stereocenters. The fourth-order valence-corrected chi connectivity index (χ4v) is 3.09. The van der Waals surface area contributed by atoms with E-state index in [1.54, 1.807) is 6.92 Å². The van der Waals surface area contributed by atoms with E-state index in [1.807, 2.05) is 91.0 Å². The van der Waals surface area contributed by atoms with E-state index in [0.717, 1.165) is 16.7 Å². The molecule has 0 N–H and O–H groups in total. The SMILES string of the molecule is CC1(c2ccccc2)OC(=O)C(c2ccccc2)=C(c2ccccc2)O1. The van der Waals surface area contributed by atoms with Gasteiger partial charge in [-0.15, -0.1) is 0 Å². The molecule has 3 heteroatoms. The highest BCUT2D eigenvalue weighted by Crippen LogP contribution is 2.42. The number of hydrogen-bond acceptors (Lipinski definition) is 3.